The summed E-state index contributed by atoms with van der Waals surface area (Å²) in [5.74, 6) is -0.979. The van der Waals surface area contributed by atoms with Crippen LogP contribution in [0.5, 0.6) is 0 Å². The van der Waals surface area contributed by atoms with Crippen LogP contribution in [0.25, 0.3) is 0 Å². The highest BCUT2D eigenvalue weighted by atomic mass is 19.1. The van der Waals surface area contributed by atoms with Crippen molar-refractivity contribution in [2.24, 2.45) is 5.92 Å². The van der Waals surface area contributed by atoms with Gasteiger partial charge in [0.25, 0.3) is 0 Å². The molecule has 0 spiro atoms. The highest BCUT2D eigenvalue weighted by Gasteiger charge is 2.34. The van der Waals surface area contributed by atoms with E-state index in [-0.39, 0.29) is 19.4 Å². The van der Waals surface area contributed by atoms with Crippen LogP contribution >= 0.6 is 0 Å². The van der Waals surface area contributed by atoms with Crippen LogP contribution in [0.2, 0.25) is 0 Å². The second kappa shape index (κ2) is 6.21. The summed E-state index contributed by atoms with van der Waals surface area (Å²) in [5, 5.41) is 0. The lowest BCUT2D eigenvalue weighted by Gasteiger charge is -2.35. The molecule has 0 aromatic rings. The lowest BCUT2D eigenvalue weighted by molar-refractivity contribution is -0.143. The summed E-state index contributed by atoms with van der Waals surface area (Å²) in [6.45, 7) is 5.83. The molecule has 0 bridgehead atoms. The molecule has 0 aliphatic carbocycles. The van der Waals surface area contributed by atoms with E-state index >= 15 is 0 Å². The summed E-state index contributed by atoms with van der Waals surface area (Å²) in [6.07, 6.45) is -1.34. The number of alkyl halides is 1. The largest absolute Gasteiger partial charge is 0.469 e. The molecular formula is C13H22FNO4. The maximum atomic E-state index is 13.7. The van der Waals surface area contributed by atoms with Gasteiger partial charge in [0, 0.05) is 19.0 Å². The summed E-state index contributed by atoms with van der Waals surface area (Å²) in [5.41, 5.74) is -0.582. The first-order valence-electron chi connectivity index (χ1n) is 6.41. The number of methoxy groups -OCH3 is 1. The van der Waals surface area contributed by atoms with Gasteiger partial charge in [-0.2, -0.15) is 0 Å². The fourth-order valence-corrected chi connectivity index (χ4v) is 1.99. The topological polar surface area (TPSA) is 55.8 Å². The summed E-state index contributed by atoms with van der Waals surface area (Å²) < 4.78 is 23.5. The maximum absolute atomic E-state index is 13.7. The third-order valence-electron chi connectivity index (χ3n) is 2.95. The Balaban J connectivity index is 2.58. The first-order valence-corrected chi connectivity index (χ1v) is 6.41. The predicted octanol–water partition coefficient (Wildman–Crippen LogP) is 2.14. The molecule has 5 nitrogen and oxygen atoms in total. The minimum Gasteiger partial charge on any atom is -0.469 e. The van der Waals surface area contributed by atoms with Crippen LogP contribution in [0.4, 0.5) is 9.18 Å². The van der Waals surface area contributed by atoms with E-state index in [4.69, 9.17) is 4.74 Å². The molecule has 0 radical (unpaired) electrons. The molecule has 1 heterocycles. The van der Waals surface area contributed by atoms with Crippen molar-refractivity contribution in [2.45, 2.75) is 45.4 Å². The smallest absolute Gasteiger partial charge is 0.410 e. The first kappa shape index (κ1) is 15.7. The van der Waals surface area contributed by atoms with Crippen molar-refractivity contribution < 1.29 is 23.5 Å². The van der Waals surface area contributed by atoms with E-state index in [1.54, 1.807) is 20.8 Å². The lowest BCUT2D eigenvalue weighted by Crippen LogP contribution is -2.47. The molecule has 2 unspecified atom stereocenters. The van der Waals surface area contributed by atoms with Gasteiger partial charge in [-0.3, -0.25) is 4.79 Å². The highest BCUT2D eigenvalue weighted by molar-refractivity contribution is 5.70. The number of ether oxygens (including phenoxy) is 2. The van der Waals surface area contributed by atoms with Gasteiger partial charge in [-0.05, 0) is 27.2 Å². The van der Waals surface area contributed by atoms with Crippen molar-refractivity contribution in [1.82, 2.24) is 4.90 Å². The van der Waals surface area contributed by atoms with Crippen LogP contribution in [0.15, 0.2) is 0 Å². The van der Waals surface area contributed by atoms with Gasteiger partial charge < -0.3 is 14.4 Å². The average molecular weight is 275 g/mol. The third-order valence-corrected chi connectivity index (χ3v) is 2.95. The summed E-state index contributed by atoms with van der Waals surface area (Å²) >= 11 is 0. The average Bonchev–Trinajstić information content (AvgIpc) is 2.29. The van der Waals surface area contributed by atoms with Gasteiger partial charge in [0.1, 0.15) is 11.8 Å². The molecule has 0 aromatic heterocycles. The molecule has 0 saturated carbocycles. The number of nitrogens with zero attached hydrogens (tertiary/aromatic N) is 1. The zero-order valence-corrected chi connectivity index (χ0v) is 11.9. The Hall–Kier alpha value is -1.33. The minimum atomic E-state index is -1.09. The van der Waals surface area contributed by atoms with Crippen molar-refractivity contribution >= 4 is 12.1 Å². The zero-order valence-electron chi connectivity index (χ0n) is 11.9. The summed E-state index contributed by atoms with van der Waals surface area (Å²) in [4.78, 5) is 24.5. The van der Waals surface area contributed by atoms with Crippen molar-refractivity contribution in [2.75, 3.05) is 20.2 Å². The number of likely N-dealkylation sites (tertiary alicyclic amines) is 1. The fraction of sp³-hybridized carbons (Fsp3) is 0.846. The van der Waals surface area contributed by atoms with E-state index in [0.29, 0.717) is 6.54 Å². The van der Waals surface area contributed by atoms with Gasteiger partial charge in [0.2, 0.25) is 0 Å². The first-order chi connectivity index (χ1) is 8.73. The predicted molar refractivity (Wildman–Crippen MR) is 67.4 cm³/mol. The molecule has 1 aliphatic rings. The Morgan fingerprint density at radius 3 is 2.53 bits per heavy atom. The number of hydrogen-bond acceptors (Lipinski definition) is 4. The SMILES string of the molecule is COC(=O)CC1CN(C(=O)OC(C)(C)C)CCC1F. The Bertz CT molecular complexity index is 340. The van der Waals surface area contributed by atoms with E-state index in [2.05, 4.69) is 4.74 Å². The molecule has 1 fully saturated rings. The second-order valence-electron chi connectivity index (χ2n) is 5.77. The lowest BCUT2D eigenvalue weighted by atomic mass is 9.93. The van der Waals surface area contributed by atoms with Gasteiger partial charge in [-0.25, -0.2) is 9.18 Å². The second-order valence-corrected chi connectivity index (χ2v) is 5.77. The number of carbonyl (C=O) groups is 2. The van der Waals surface area contributed by atoms with E-state index in [1.165, 1.54) is 12.0 Å². The Morgan fingerprint density at radius 1 is 1.37 bits per heavy atom. The molecule has 1 aliphatic heterocycles. The molecule has 6 heteroatoms. The van der Waals surface area contributed by atoms with Crippen molar-refractivity contribution in [3.05, 3.63) is 0 Å². The van der Waals surface area contributed by atoms with E-state index < -0.39 is 29.8 Å². The van der Waals surface area contributed by atoms with E-state index in [9.17, 15) is 14.0 Å². The van der Waals surface area contributed by atoms with E-state index in [0.717, 1.165) is 0 Å². The van der Waals surface area contributed by atoms with Gasteiger partial charge in [0.15, 0.2) is 0 Å². The fourth-order valence-electron chi connectivity index (χ4n) is 1.99. The number of esters is 1. The molecular weight excluding hydrogens is 253 g/mol. The minimum absolute atomic E-state index is 0.0169. The van der Waals surface area contributed by atoms with Crippen LogP contribution in [0, 0.1) is 5.92 Å². The van der Waals surface area contributed by atoms with Crippen LogP contribution in [-0.2, 0) is 14.3 Å². The Kier molecular flexibility index (Phi) is 5.14. The molecule has 0 N–H and O–H groups in total. The van der Waals surface area contributed by atoms with Crippen LogP contribution in [-0.4, -0.2) is 48.9 Å². The quantitative estimate of drug-likeness (QED) is 0.725. The molecule has 0 aromatic carbocycles. The van der Waals surface area contributed by atoms with Crippen molar-refractivity contribution in [3.63, 3.8) is 0 Å². The Labute approximate surface area is 113 Å². The normalized spacial score (nSPS) is 23.9. The highest BCUT2D eigenvalue weighted by Crippen LogP contribution is 2.25. The molecule has 19 heavy (non-hydrogen) atoms. The molecule has 110 valence electrons. The molecule has 2 atom stereocenters. The number of amides is 1. The number of halogens is 1. The number of carbonyl (C=O) groups excluding carboxylic acids is 2. The zero-order chi connectivity index (χ0) is 14.6. The Morgan fingerprint density at radius 2 is 2.00 bits per heavy atom. The molecule has 1 saturated heterocycles. The number of hydrogen-bond donors (Lipinski definition) is 0. The van der Waals surface area contributed by atoms with Crippen LogP contribution in [0.1, 0.15) is 33.6 Å². The maximum Gasteiger partial charge on any atom is 0.410 e. The van der Waals surface area contributed by atoms with Gasteiger partial charge in [-0.15, -0.1) is 0 Å². The number of rotatable bonds is 2. The van der Waals surface area contributed by atoms with Gasteiger partial charge >= 0.3 is 12.1 Å². The molecule has 1 amide bonds. The third kappa shape index (κ3) is 5.04. The van der Waals surface area contributed by atoms with E-state index in [1.807, 2.05) is 0 Å². The molecule has 1 rings (SSSR count). The van der Waals surface area contributed by atoms with Crippen molar-refractivity contribution in [3.8, 4) is 0 Å². The van der Waals surface area contributed by atoms with Crippen LogP contribution < -0.4 is 0 Å². The van der Waals surface area contributed by atoms with Gasteiger partial charge in [0.05, 0.1) is 13.5 Å². The summed E-state index contributed by atoms with van der Waals surface area (Å²) in [6, 6.07) is 0. The monoisotopic (exact) mass is 275 g/mol. The standard InChI is InChI=1S/C13H22FNO4/c1-13(2,3)19-12(17)15-6-5-10(14)9(8-15)7-11(16)18-4/h9-10H,5-8H2,1-4H3. The number of piperidine rings is 1. The van der Waals surface area contributed by atoms with Gasteiger partial charge in [-0.1, -0.05) is 0 Å². The van der Waals surface area contributed by atoms with Crippen LogP contribution in [0.3, 0.4) is 0 Å². The summed E-state index contributed by atoms with van der Waals surface area (Å²) in [7, 11) is 1.27. The van der Waals surface area contributed by atoms with Crippen molar-refractivity contribution in [1.29, 1.82) is 0 Å².